The molecular weight excluding hydrogens is 302 g/mol. The quantitative estimate of drug-likeness (QED) is 0.915. The van der Waals surface area contributed by atoms with Crippen LogP contribution in [0, 0.1) is 5.92 Å². The first-order chi connectivity index (χ1) is 11.6. The summed E-state index contributed by atoms with van der Waals surface area (Å²) in [5.74, 6) is 0.689. The van der Waals surface area contributed by atoms with Crippen molar-refractivity contribution in [2.24, 2.45) is 5.92 Å². The zero-order valence-corrected chi connectivity index (χ0v) is 14.8. The predicted molar refractivity (Wildman–Crippen MR) is 96.1 cm³/mol. The minimum atomic E-state index is 0.194. The lowest BCUT2D eigenvalue weighted by Crippen LogP contribution is -2.49. The van der Waals surface area contributed by atoms with Crippen molar-refractivity contribution in [2.75, 3.05) is 44.3 Å². The van der Waals surface area contributed by atoms with Crippen LogP contribution in [0.3, 0.4) is 0 Å². The number of rotatable bonds is 4. The van der Waals surface area contributed by atoms with Crippen LogP contribution in [0.5, 0.6) is 0 Å². The number of benzene rings is 1. The Balaban J connectivity index is 1.49. The van der Waals surface area contributed by atoms with Crippen molar-refractivity contribution in [3.8, 4) is 0 Å². The lowest BCUT2D eigenvalue weighted by atomic mass is 9.93. The number of anilines is 1. The number of ether oxygens (including phenoxy) is 1. The molecule has 2 unspecified atom stereocenters. The molecule has 24 heavy (non-hydrogen) atoms. The van der Waals surface area contributed by atoms with Gasteiger partial charge in [0.15, 0.2) is 0 Å². The molecule has 2 aliphatic heterocycles. The van der Waals surface area contributed by atoms with E-state index in [1.54, 1.807) is 6.92 Å². The molecule has 1 aromatic rings. The molecule has 0 spiro atoms. The molecule has 0 aliphatic carbocycles. The molecule has 1 N–H and O–H groups in total. The second-order valence-electron chi connectivity index (χ2n) is 6.98. The van der Waals surface area contributed by atoms with Crippen LogP contribution in [0.15, 0.2) is 24.3 Å². The molecule has 5 heteroatoms. The number of hydrogen-bond donors (Lipinski definition) is 1. The molecule has 0 saturated carbocycles. The van der Waals surface area contributed by atoms with Crippen LogP contribution in [0.4, 0.5) is 5.69 Å². The van der Waals surface area contributed by atoms with E-state index in [1.165, 1.54) is 11.3 Å². The van der Waals surface area contributed by atoms with E-state index < -0.39 is 0 Å². The van der Waals surface area contributed by atoms with Gasteiger partial charge in [0.1, 0.15) is 0 Å². The fourth-order valence-electron chi connectivity index (χ4n) is 3.63. The summed E-state index contributed by atoms with van der Waals surface area (Å²) in [6.07, 6.45) is 1.03. The third-order valence-corrected chi connectivity index (χ3v) is 5.23. The summed E-state index contributed by atoms with van der Waals surface area (Å²) < 4.78 is 5.41. The van der Waals surface area contributed by atoms with Gasteiger partial charge in [0, 0.05) is 51.4 Å². The molecular formula is C19H29N3O2. The van der Waals surface area contributed by atoms with E-state index in [4.69, 9.17) is 4.74 Å². The Morgan fingerprint density at radius 2 is 1.92 bits per heavy atom. The molecule has 2 aliphatic rings. The topological polar surface area (TPSA) is 44.8 Å². The molecule has 1 aromatic carbocycles. The van der Waals surface area contributed by atoms with Gasteiger partial charge in [-0.05, 0) is 30.0 Å². The monoisotopic (exact) mass is 331 g/mol. The Morgan fingerprint density at radius 1 is 1.21 bits per heavy atom. The Hall–Kier alpha value is -1.59. The lowest BCUT2D eigenvalue weighted by molar-refractivity contribution is -0.130. The summed E-state index contributed by atoms with van der Waals surface area (Å²) >= 11 is 0. The van der Waals surface area contributed by atoms with Gasteiger partial charge in [0.2, 0.25) is 5.91 Å². The Labute approximate surface area is 145 Å². The highest BCUT2D eigenvalue weighted by Gasteiger charge is 2.26. The Bertz CT molecular complexity index is 540. The number of nitrogens with zero attached hydrogens (tertiary/aromatic N) is 2. The summed E-state index contributed by atoms with van der Waals surface area (Å²) in [5, 5.41) is 3.67. The van der Waals surface area contributed by atoms with E-state index in [9.17, 15) is 4.79 Å². The number of morpholine rings is 1. The number of amides is 1. The van der Waals surface area contributed by atoms with Crippen molar-refractivity contribution < 1.29 is 9.53 Å². The zero-order valence-electron chi connectivity index (χ0n) is 14.8. The summed E-state index contributed by atoms with van der Waals surface area (Å²) in [6.45, 7) is 10.1. The first kappa shape index (κ1) is 17.2. The molecule has 2 saturated heterocycles. The number of nitrogens with one attached hydrogen (secondary N) is 1. The van der Waals surface area contributed by atoms with Crippen molar-refractivity contribution in [1.82, 2.24) is 10.2 Å². The third kappa shape index (κ3) is 4.28. The summed E-state index contributed by atoms with van der Waals surface area (Å²) in [5.41, 5.74) is 2.60. The number of carbonyl (C=O) groups is 1. The van der Waals surface area contributed by atoms with E-state index in [2.05, 4.69) is 41.4 Å². The standard InChI is InChI=1S/C19H29N3O2/c1-15-14-22(16(2)23)8-7-19(15)20-13-17-3-5-18(6-4-17)21-9-11-24-12-10-21/h3-6,15,19-20H,7-14H2,1-2H3. The van der Waals surface area contributed by atoms with E-state index in [0.29, 0.717) is 12.0 Å². The molecule has 2 fully saturated rings. The summed E-state index contributed by atoms with van der Waals surface area (Å²) in [4.78, 5) is 15.8. The number of likely N-dealkylation sites (tertiary alicyclic amines) is 1. The fourth-order valence-corrected chi connectivity index (χ4v) is 3.63. The van der Waals surface area contributed by atoms with Gasteiger partial charge in [0.25, 0.3) is 0 Å². The van der Waals surface area contributed by atoms with E-state index in [-0.39, 0.29) is 5.91 Å². The maximum atomic E-state index is 11.5. The first-order valence-corrected chi connectivity index (χ1v) is 9.04. The molecule has 0 bridgehead atoms. The first-order valence-electron chi connectivity index (χ1n) is 9.04. The number of hydrogen-bond acceptors (Lipinski definition) is 4. The molecule has 0 aromatic heterocycles. The van der Waals surface area contributed by atoms with Gasteiger partial charge in [-0.25, -0.2) is 0 Å². The van der Waals surface area contributed by atoms with Crippen LogP contribution in [-0.2, 0) is 16.1 Å². The van der Waals surface area contributed by atoms with Crippen molar-refractivity contribution in [3.05, 3.63) is 29.8 Å². The van der Waals surface area contributed by atoms with Crippen LogP contribution in [-0.4, -0.2) is 56.2 Å². The summed E-state index contributed by atoms with van der Waals surface area (Å²) in [7, 11) is 0. The molecule has 1 amide bonds. The second kappa shape index (κ2) is 7.99. The number of piperidine rings is 1. The normalized spacial score (nSPS) is 24.9. The van der Waals surface area contributed by atoms with Gasteiger partial charge >= 0.3 is 0 Å². The zero-order chi connectivity index (χ0) is 16.9. The highest BCUT2D eigenvalue weighted by Crippen LogP contribution is 2.19. The Morgan fingerprint density at radius 3 is 2.54 bits per heavy atom. The van der Waals surface area contributed by atoms with E-state index in [0.717, 1.165) is 52.4 Å². The van der Waals surface area contributed by atoms with Gasteiger partial charge in [-0.1, -0.05) is 19.1 Å². The maximum absolute atomic E-state index is 11.5. The molecule has 132 valence electrons. The minimum absolute atomic E-state index is 0.194. The van der Waals surface area contributed by atoms with Crippen molar-refractivity contribution in [3.63, 3.8) is 0 Å². The van der Waals surface area contributed by atoms with Gasteiger partial charge in [0.05, 0.1) is 13.2 Å². The lowest BCUT2D eigenvalue weighted by Gasteiger charge is -2.37. The van der Waals surface area contributed by atoms with Crippen LogP contribution in [0.2, 0.25) is 0 Å². The van der Waals surface area contributed by atoms with Gasteiger partial charge in [-0.2, -0.15) is 0 Å². The number of carbonyl (C=O) groups excluding carboxylic acids is 1. The average Bonchev–Trinajstić information content (AvgIpc) is 2.62. The maximum Gasteiger partial charge on any atom is 0.219 e. The third-order valence-electron chi connectivity index (χ3n) is 5.23. The van der Waals surface area contributed by atoms with Crippen LogP contribution < -0.4 is 10.2 Å². The van der Waals surface area contributed by atoms with Crippen LogP contribution in [0.25, 0.3) is 0 Å². The highest BCUT2D eigenvalue weighted by molar-refractivity contribution is 5.73. The van der Waals surface area contributed by atoms with Gasteiger partial charge < -0.3 is 19.9 Å². The van der Waals surface area contributed by atoms with Gasteiger partial charge in [-0.15, -0.1) is 0 Å². The van der Waals surface area contributed by atoms with Crippen molar-refractivity contribution in [2.45, 2.75) is 32.9 Å². The highest BCUT2D eigenvalue weighted by atomic mass is 16.5. The molecule has 0 radical (unpaired) electrons. The van der Waals surface area contributed by atoms with E-state index >= 15 is 0 Å². The Kier molecular flexibility index (Phi) is 5.74. The van der Waals surface area contributed by atoms with Crippen molar-refractivity contribution >= 4 is 11.6 Å². The molecule has 2 atom stereocenters. The smallest absolute Gasteiger partial charge is 0.219 e. The average molecular weight is 331 g/mol. The van der Waals surface area contributed by atoms with Gasteiger partial charge in [-0.3, -0.25) is 4.79 Å². The minimum Gasteiger partial charge on any atom is -0.378 e. The predicted octanol–water partition coefficient (Wildman–Crippen LogP) is 1.87. The molecule has 3 rings (SSSR count). The largest absolute Gasteiger partial charge is 0.378 e. The fraction of sp³-hybridized carbons (Fsp3) is 0.632. The van der Waals surface area contributed by atoms with Crippen LogP contribution in [0.1, 0.15) is 25.8 Å². The molecule has 2 heterocycles. The molecule has 5 nitrogen and oxygen atoms in total. The van der Waals surface area contributed by atoms with E-state index in [1.807, 2.05) is 4.90 Å². The SMILES string of the molecule is CC(=O)N1CCC(NCc2ccc(N3CCOCC3)cc2)C(C)C1. The summed E-state index contributed by atoms with van der Waals surface area (Å²) in [6, 6.07) is 9.34. The van der Waals surface area contributed by atoms with Crippen molar-refractivity contribution in [1.29, 1.82) is 0 Å². The van der Waals surface area contributed by atoms with Crippen LogP contribution >= 0.6 is 0 Å². The second-order valence-corrected chi connectivity index (χ2v) is 6.98.